The van der Waals surface area contributed by atoms with Gasteiger partial charge in [0, 0.05) is 10.9 Å². The molecule has 2 aromatic carbocycles. The molecule has 0 unspecified atom stereocenters. The summed E-state index contributed by atoms with van der Waals surface area (Å²) in [6, 6.07) is 11.3. The van der Waals surface area contributed by atoms with Crippen LogP contribution in [0.2, 0.25) is 5.02 Å². The van der Waals surface area contributed by atoms with Gasteiger partial charge >= 0.3 is 0 Å². The third-order valence-electron chi connectivity index (χ3n) is 3.15. The van der Waals surface area contributed by atoms with Gasteiger partial charge in [-0.1, -0.05) is 29.8 Å². The zero-order valence-corrected chi connectivity index (χ0v) is 11.4. The quantitative estimate of drug-likeness (QED) is 0.636. The number of fused-ring (bicyclic) bond motifs is 1. The summed E-state index contributed by atoms with van der Waals surface area (Å²) in [7, 11) is 0. The molecule has 0 saturated carbocycles. The number of halogens is 2. The first-order valence-electron chi connectivity index (χ1n) is 6.05. The Bertz CT molecular complexity index is 820. The number of furan rings is 1. The highest BCUT2D eigenvalue weighted by Gasteiger charge is 2.16. The fraction of sp³-hybridized carbons (Fsp3) is 0.0625. The van der Waals surface area contributed by atoms with E-state index in [1.54, 1.807) is 6.07 Å². The van der Waals surface area contributed by atoms with Crippen molar-refractivity contribution in [1.82, 2.24) is 0 Å². The summed E-state index contributed by atoms with van der Waals surface area (Å²) in [6.45, 7) is 1.90. The molecule has 100 valence electrons. The molecule has 0 aliphatic carbocycles. The first-order chi connectivity index (χ1) is 9.56. The molecule has 4 heteroatoms. The van der Waals surface area contributed by atoms with Gasteiger partial charge in [0.05, 0.1) is 5.02 Å². The van der Waals surface area contributed by atoms with Crippen LogP contribution in [0, 0.1) is 12.7 Å². The highest BCUT2D eigenvalue weighted by atomic mass is 35.5. The molecule has 1 heterocycles. The first kappa shape index (κ1) is 12.9. The van der Waals surface area contributed by atoms with Crippen molar-refractivity contribution >= 4 is 28.4 Å². The van der Waals surface area contributed by atoms with Crippen molar-refractivity contribution in [2.75, 3.05) is 0 Å². The van der Waals surface area contributed by atoms with E-state index >= 15 is 0 Å². The molecule has 0 radical (unpaired) electrons. The number of carbonyl (C=O) groups excluding carboxylic acids is 1. The van der Waals surface area contributed by atoms with E-state index in [1.807, 2.05) is 25.1 Å². The summed E-state index contributed by atoms with van der Waals surface area (Å²) in [6.07, 6.45) is 0. The third kappa shape index (κ3) is 2.10. The molecule has 20 heavy (non-hydrogen) atoms. The lowest BCUT2D eigenvalue weighted by molar-refractivity contribution is 0.101. The van der Waals surface area contributed by atoms with Gasteiger partial charge in [0.25, 0.3) is 0 Å². The van der Waals surface area contributed by atoms with E-state index in [9.17, 15) is 9.18 Å². The highest BCUT2D eigenvalue weighted by molar-refractivity contribution is 6.30. The van der Waals surface area contributed by atoms with Crippen LogP contribution in [0.3, 0.4) is 0 Å². The van der Waals surface area contributed by atoms with Gasteiger partial charge in [-0.2, -0.15) is 0 Å². The summed E-state index contributed by atoms with van der Waals surface area (Å²) in [5, 5.41) is 0.838. The average molecular weight is 289 g/mol. The smallest absolute Gasteiger partial charge is 0.228 e. The molecule has 0 fully saturated rings. The second kappa shape index (κ2) is 4.76. The Kier molecular flexibility index (Phi) is 3.07. The first-order valence-corrected chi connectivity index (χ1v) is 6.43. The Morgan fingerprint density at radius 1 is 1.20 bits per heavy atom. The van der Waals surface area contributed by atoms with Gasteiger partial charge in [-0.3, -0.25) is 4.79 Å². The van der Waals surface area contributed by atoms with E-state index < -0.39 is 5.82 Å². The van der Waals surface area contributed by atoms with Crippen molar-refractivity contribution in [1.29, 1.82) is 0 Å². The van der Waals surface area contributed by atoms with Crippen molar-refractivity contribution in [3.63, 3.8) is 0 Å². The largest absolute Gasteiger partial charge is 0.452 e. The Hall–Kier alpha value is -2.13. The molecule has 1 aromatic heterocycles. The van der Waals surface area contributed by atoms with Gasteiger partial charge < -0.3 is 4.42 Å². The number of benzene rings is 2. The van der Waals surface area contributed by atoms with E-state index in [2.05, 4.69) is 0 Å². The molecule has 2 nitrogen and oxygen atoms in total. The number of hydrogen-bond acceptors (Lipinski definition) is 2. The van der Waals surface area contributed by atoms with Crippen molar-refractivity contribution < 1.29 is 13.6 Å². The topological polar surface area (TPSA) is 30.2 Å². The average Bonchev–Trinajstić information content (AvgIpc) is 2.86. The second-order valence-corrected chi connectivity index (χ2v) is 4.97. The molecule has 0 amide bonds. The summed E-state index contributed by atoms with van der Waals surface area (Å²) >= 11 is 5.61. The summed E-state index contributed by atoms with van der Waals surface area (Å²) < 4.78 is 19.0. The van der Waals surface area contributed by atoms with Crippen molar-refractivity contribution in [3.8, 4) is 0 Å². The van der Waals surface area contributed by atoms with Crippen LogP contribution in [0.4, 0.5) is 4.39 Å². The summed E-state index contributed by atoms with van der Waals surface area (Å²) in [4.78, 5) is 12.3. The number of hydrogen-bond donors (Lipinski definition) is 0. The maximum atomic E-state index is 13.4. The lowest BCUT2D eigenvalue weighted by atomic mass is 10.1. The molecular formula is C16H10ClFO2. The normalized spacial score (nSPS) is 10.9. The van der Waals surface area contributed by atoms with Gasteiger partial charge in [-0.15, -0.1) is 0 Å². The highest BCUT2D eigenvalue weighted by Crippen LogP contribution is 2.25. The van der Waals surface area contributed by atoms with Crippen LogP contribution in [0.1, 0.15) is 21.7 Å². The van der Waals surface area contributed by atoms with Gasteiger partial charge in [-0.25, -0.2) is 4.39 Å². The van der Waals surface area contributed by atoms with E-state index in [0.717, 1.165) is 17.0 Å². The lowest BCUT2D eigenvalue weighted by Crippen LogP contribution is -2.00. The Morgan fingerprint density at radius 2 is 2.00 bits per heavy atom. The fourth-order valence-electron chi connectivity index (χ4n) is 2.10. The number of para-hydroxylation sites is 1. The van der Waals surface area contributed by atoms with Crippen LogP contribution >= 0.6 is 11.6 Å². The van der Waals surface area contributed by atoms with E-state index in [-0.39, 0.29) is 22.1 Å². The Morgan fingerprint density at radius 3 is 2.70 bits per heavy atom. The monoisotopic (exact) mass is 288 g/mol. The van der Waals surface area contributed by atoms with Gasteiger partial charge in [-0.05, 0) is 36.8 Å². The predicted molar refractivity (Wildman–Crippen MR) is 75.8 cm³/mol. The SMILES string of the molecule is Cc1cccc2cc(C(=O)c3ccc(Cl)c(F)c3)oc12. The van der Waals surface area contributed by atoms with E-state index in [0.29, 0.717) is 5.58 Å². The van der Waals surface area contributed by atoms with Crippen LogP contribution in [-0.4, -0.2) is 5.78 Å². The maximum absolute atomic E-state index is 13.4. The van der Waals surface area contributed by atoms with Crippen LogP contribution in [-0.2, 0) is 0 Å². The molecule has 0 aliphatic heterocycles. The third-order valence-corrected chi connectivity index (χ3v) is 3.45. The molecule has 3 rings (SSSR count). The maximum Gasteiger partial charge on any atom is 0.228 e. The molecule has 3 aromatic rings. The van der Waals surface area contributed by atoms with E-state index in [4.69, 9.17) is 16.0 Å². The number of aryl methyl sites for hydroxylation is 1. The zero-order valence-electron chi connectivity index (χ0n) is 10.6. The summed E-state index contributed by atoms with van der Waals surface area (Å²) in [5.74, 6) is -0.794. The van der Waals surface area contributed by atoms with Crippen LogP contribution < -0.4 is 0 Å². The number of ketones is 1. The van der Waals surface area contributed by atoms with Crippen LogP contribution in [0.15, 0.2) is 46.9 Å². The number of rotatable bonds is 2. The molecule has 0 saturated heterocycles. The molecule has 0 N–H and O–H groups in total. The summed E-state index contributed by atoms with van der Waals surface area (Å²) in [5.41, 5.74) is 1.83. The fourth-order valence-corrected chi connectivity index (χ4v) is 2.22. The minimum atomic E-state index is -0.621. The zero-order chi connectivity index (χ0) is 14.3. The molecular weight excluding hydrogens is 279 g/mol. The number of carbonyl (C=O) groups is 1. The lowest BCUT2D eigenvalue weighted by Gasteiger charge is -1.99. The van der Waals surface area contributed by atoms with Crippen molar-refractivity contribution in [2.24, 2.45) is 0 Å². The van der Waals surface area contributed by atoms with E-state index in [1.165, 1.54) is 12.1 Å². The molecule has 0 bridgehead atoms. The van der Waals surface area contributed by atoms with Crippen LogP contribution in [0.5, 0.6) is 0 Å². The second-order valence-electron chi connectivity index (χ2n) is 4.56. The van der Waals surface area contributed by atoms with Crippen molar-refractivity contribution in [2.45, 2.75) is 6.92 Å². The van der Waals surface area contributed by atoms with Crippen LogP contribution in [0.25, 0.3) is 11.0 Å². The standard InChI is InChI=1S/C16H10ClFO2/c1-9-3-2-4-11-8-14(20-16(9)11)15(19)10-5-6-12(17)13(18)7-10/h2-8H,1H3. The predicted octanol–water partition coefficient (Wildman–Crippen LogP) is 4.76. The minimum Gasteiger partial charge on any atom is -0.452 e. The van der Waals surface area contributed by atoms with Gasteiger partial charge in [0.15, 0.2) is 5.76 Å². The minimum absolute atomic E-state index is 0.0120. The molecule has 0 spiro atoms. The Balaban J connectivity index is 2.08. The van der Waals surface area contributed by atoms with Crippen molar-refractivity contribution in [3.05, 3.63) is 70.2 Å². The van der Waals surface area contributed by atoms with Gasteiger partial charge in [0.1, 0.15) is 11.4 Å². The molecule has 0 aliphatic rings. The molecule has 0 atom stereocenters. The Labute approximate surface area is 119 Å². The van der Waals surface area contributed by atoms with Gasteiger partial charge in [0.2, 0.25) is 5.78 Å².